The van der Waals surface area contributed by atoms with Crippen LogP contribution in [0.1, 0.15) is 23.0 Å². The molecule has 1 amide bonds. The molecule has 0 spiro atoms. The number of primary amides is 1. The average molecular weight is 285 g/mol. The van der Waals surface area contributed by atoms with Crippen molar-refractivity contribution in [3.8, 4) is 5.75 Å². The number of carbonyl (C=O) groups is 1. The standard InChI is InChI=1S/C16H19N3O2/c1-11(19-12-5-7-13(21-2)8-6-12)10-15-14(16(17)20)4-3-9-18-15/h3-9,11,19H,10H2,1-2H3,(H2,17,20)/t11-/m0/s1. The molecule has 2 aromatic rings. The minimum absolute atomic E-state index is 0.117. The number of carbonyl (C=O) groups excluding carboxylic acids is 1. The topological polar surface area (TPSA) is 77.2 Å². The number of aromatic nitrogens is 1. The van der Waals surface area contributed by atoms with Crippen LogP contribution in [0.3, 0.4) is 0 Å². The minimum atomic E-state index is -0.449. The number of anilines is 1. The average Bonchev–Trinajstić information content (AvgIpc) is 2.48. The maximum Gasteiger partial charge on any atom is 0.250 e. The second kappa shape index (κ2) is 6.74. The van der Waals surface area contributed by atoms with Gasteiger partial charge in [-0.15, -0.1) is 0 Å². The van der Waals surface area contributed by atoms with Crippen molar-refractivity contribution >= 4 is 11.6 Å². The SMILES string of the molecule is COc1ccc(N[C@@H](C)Cc2ncccc2C(N)=O)cc1. The van der Waals surface area contributed by atoms with Crippen molar-refractivity contribution in [2.24, 2.45) is 5.73 Å². The molecule has 110 valence electrons. The molecule has 1 heterocycles. The monoisotopic (exact) mass is 285 g/mol. The fourth-order valence-corrected chi connectivity index (χ4v) is 2.14. The van der Waals surface area contributed by atoms with Gasteiger partial charge >= 0.3 is 0 Å². The van der Waals surface area contributed by atoms with E-state index in [4.69, 9.17) is 10.5 Å². The smallest absolute Gasteiger partial charge is 0.250 e. The summed E-state index contributed by atoms with van der Waals surface area (Å²) in [5.74, 6) is 0.365. The highest BCUT2D eigenvalue weighted by molar-refractivity contribution is 5.93. The Hall–Kier alpha value is -2.56. The van der Waals surface area contributed by atoms with Crippen molar-refractivity contribution < 1.29 is 9.53 Å². The lowest BCUT2D eigenvalue weighted by Gasteiger charge is -2.16. The van der Waals surface area contributed by atoms with Crippen LogP contribution in [-0.2, 0) is 6.42 Å². The fourth-order valence-electron chi connectivity index (χ4n) is 2.14. The highest BCUT2D eigenvalue weighted by atomic mass is 16.5. The van der Waals surface area contributed by atoms with Gasteiger partial charge in [0.15, 0.2) is 0 Å². The van der Waals surface area contributed by atoms with Crippen molar-refractivity contribution in [1.29, 1.82) is 0 Å². The van der Waals surface area contributed by atoms with Crippen molar-refractivity contribution in [2.45, 2.75) is 19.4 Å². The van der Waals surface area contributed by atoms with Gasteiger partial charge in [0.1, 0.15) is 5.75 Å². The summed E-state index contributed by atoms with van der Waals surface area (Å²) in [6, 6.07) is 11.2. The number of methoxy groups -OCH3 is 1. The molecule has 0 bridgehead atoms. The van der Waals surface area contributed by atoms with Gasteiger partial charge in [0, 0.05) is 24.3 Å². The molecule has 0 fully saturated rings. The molecule has 0 unspecified atom stereocenters. The molecule has 0 aliphatic carbocycles. The summed E-state index contributed by atoms with van der Waals surface area (Å²) in [6.07, 6.45) is 2.28. The Morgan fingerprint density at radius 3 is 2.67 bits per heavy atom. The van der Waals surface area contributed by atoms with Crippen molar-refractivity contribution in [3.05, 3.63) is 53.9 Å². The van der Waals surface area contributed by atoms with Gasteiger partial charge in [-0.05, 0) is 43.3 Å². The molecule has 1 aromatic carbocycles. The van der Waals surface area contributed by atoms with Gasteiger partial charge in [0.2, 0.25) is 0 Å². The summed E-state index contributed by atoms with van der Waals surface area (Å²) in [5, 5.41) is 3.36. The van der Waals surface area contributed by atoms with Crippen LogP contribution in [0.15, 0.2) is 42.6 Å². The molecular formula is C16H19N3O2. The second-order valence-electron chi connectivity index (χ2n) is 4.84. The quantitative estimate of drug-likeness (QED) is 0.853. The number of nitrogens with two attached hydrogens (primary N) is 1. The lowest BCUT2D eigenvalue weighted by molar-refractivity contribution is 0.0999. The molecule has 1 atom stereocenters. The van der Waals surface area contributed by atoms with Crippen LogP contribution in [0.25, 0.3) is 0 Å². The predicted molar refractivity (Wildman–Crippen MR) is 82.5 cm³/mol. The zero-order chi connectivity index (χ0) is 15.2. The first-order chi connectivity index (χ1) is 10.1. The molecule has 0 saturated carbocycles. The van der Waals surface area contributed by atoms with E-state index in [0.717, 1.165) is 11.4 Å². The molecule has 5 nitrogen and oxygen atoms in total. The summed E-state index contributed by atoms with van der Waals surface area (Å²) in [4.78, 5) is 15.6. The van der Waals surface area contributed by atoms with Gasteiger partial charge in [-0.25, -0.2) is 0 Å². The molecular weight excluding hydrogens is 266 g/mol. The lowest BCUT2D eigenvalue weighted by Crippen LogP contribution is -2.22. The molecule has 0 aliphatic heterocycles. The van der Waals surface area contributed by atoms with E-state index < -0.39 is 5.91 Å². The van der Waals surface area contributed by atoms with Crippen LogP contribution in [-0.4, -0.2) is 24.0 Å². The highest BCUT2D eigenvalue weighted by Gasteiger charge is 2.12. The van der Waals surface area contributed by atoms with E-state index in [2.05, 4.69) is 10.3 Å². The zero-order valence-electron chi connectivity index (χ0n) is 12.2. The summed E-state index contributed by atoms with van der Waals surface area (Å²) < 4.78 is 5.12. The Morgan fingerprint density at radius 2 is 2.05 bits per heavy atom. The summed E-state index contributed by atoms with van der Waals surface area (Å²) in [7, 11) is 1.64. The second-order valence-corrected chi connectivity index (χ2v) is 4.84. The van der Waals surface area contributed by atoms with Crippen LogP contribution < -0.4 is 15.8 Å². The third-order valence-corrected chi connectivity index (χ3v) is 3.16. The van der Waals surface area contributed by atoms with Crippen LogP contribution in [0, 0.1) is 0 Å². The van der Waals surface area contributed by atoms with E-state index in [0.29, 0.717) is 17.7 Å². The predicted octanol–water partition coefficient (Wildman–Crippen LogP) is 2.23. The third kappa shape index (κ3) is 3.95. The summed E-state index contributed by atoms with van der Waals surface area (Å²) in [6.45, 7) is 2.03. The Balaban J connectivity index is 2.04. The first-order valence-corrected chi connectivity index (χ1v) is 6.74. The van der Waals surface area contributed by atoms with Gasteiger partial charge in [-0.1, -0.05) is 0 Å². The molecule has 1 aromatic heterocycles. The Labute approximate surface area is 124 Å². The molecule has 0 saturated heterocycles. The number of rotatable bonds is 6. The van der Waals surface area contributed by atoms with Crippen molar-refractivity contribution in [1.82, 2.24) is 4.98 Å². The van der Waals surface area contributed by atoms with Gasteiger partial charge < -0.3 is 15.8 Å². The molecule has 3 N–H and O–H groups in total. The van der Waals surface area contributed by atoms with E-state index in [-0.39, 0.29) is 6.04 Å². The normalized spacial score (nSPS) is 11.7. The van der Waals surface area contributed by atoms with Crippen LogP contribution in [0.4, 0.5) is 5.69 Å². The summed E-state index contributed by atoms with van der Waals surface area (Å²) >= 11 is 0. The van der Waals surface area contributed by atoms with Crippen LogP contribution >= 0.6 is 0 Å². The Bertz CT molecular complexity index is 611. The summed E-state index contributed by atoms with van der Waals surface area (Å²) in [5.41, 5.74) is 7.53. The van der Waals surface area contributed by atoms with E-state index in [1.54, 1.807) is 25.4 Å². The third-order valence-electron chi connectivity index (χ3n) is 3.16. The first kappa shape index (κ1) is 14.8. The number of hydrogen-bond donors (Lipinski definition) is 2. The van der Waals surface area contributed by atoms with E-state index in [9.17, 15) is 4.79 Å². The highest BCUT2D eigenvalue weighted by Crippen LogP contribution is 2.17. The number of amides is 1. The number of nitrogens with one attached hydrogen (secondary N) is 1. The number of pyridine rings is 1. The van der Waals surface area contributed by atoms with Gasteiger partial charge in [0.05, 0.1) is 18.4 Å². The largest absolute Gasteiger partial charge is 0.497 e. The molecule has 0 aliphatic rings. The minimum Gasteiger partial charge on any atom is -0.497 e. The van der Waals surface area contributed by atoms with Gasteiger partial charge in [0.25, 0.3) is 5.91 Å². The Kier molecular flexibility index (Phi) is 4.77. The Morgan fingerprint density at radius 1 is 1.33 bits per heavy atom. The van der Waals surface area contributed by atoms with Gasteiger partial charge in [-0.3, -0.25) is 9.78 Å². The molecule has 21 heavy (non-hydrogen) atoms. The number of benzene rings is 1. The number of hydrogen-bond acceptors (Lipinski definition) is 4. The number of ether oxygens (including phenoxy) is 1. The van der Waals surface area contributed by atoms with E-state index >= 15 is 0 Å². The van der Waals surface area contributed by atoms with Crippen LogP contribution in [0.5, 0.6) is 5.75 Å². The van der Waals surface area contributed by atoms with E-state index in [1.807, 2.05) is 31.2 Å². The lowest BCUT2D eigenvalue weighted by atomic mass is 10.1. The molecule has 2 rings (SSSR count). The van der Waals surface area contributed by atoms with Crippen molar-refractivity contribution in [3.63, 3.8) is 0 Å². The number of nitrogens with zero attached hydrogens (tertiary/aromatic N) is 1. The molecule has 0 radical (unpaired) electrons. The molecule has 5 heteroatoms. The zero-order valence-corrected chi connectivity index (χ0v) is 12.2. The first-order valence-electron chi connectivity index (χ1n) is 6.74. The van der Waals surface area contributed by atoms with Crippen molar-refractivity contribution in [2.75, 3.05) is 12.4 Å². The maximum absolute atomic E-state index is 11.4. The van der Waals surface area contributed by atoms with Gasteiger partial charge in [-0.2, -0.15) is 0 Å². The van der Waals surface area contributed by atoms with E-state index in [1.165, 1.54) is 0 Å². The van der Waals surface area contributed by atoms with Crippen LogP contribution in [0.2, 0.25) is 0 Å². The maximum atomic E-state index is 11.4. The fraction of sp³-hybridized carbons (Fsp3) is 0.250.